The van der Waals surface area contributed by atoms with Crippen LogP contribution in [0.15, 0.2) is 0 Å². The summed E-state index contributed by atoms with van der Waals surface area (Å²) in [5.74, 6) is 1.00. The van der Waals surface area contributed by atoms with E-state index < -0.39 is 5.97 Å². The van der Waals surface area contributed by atoms with E-state index in [0.717, 1.165) is 11.5 Å². The molecule has 0 bridgehead atoms. The predicted molar refractivity (Wildman–Crippen MR) is 75.1 cm³/mol. The topological polar surface area (TPSA) is 69.6 Å². The number of aliphatic carboxylic acids is 1. The van der Waals surface area contributed by atoms with Crippen LogP contribution in [0.5, 0.6) is 0 Å². The first kappa shape index (κ1) is 17.1. The molecule has 0 aromatic rings. The van der Waals surface area contributed by atoms with Gasteiger partial charge in [-0.3, -0.25) is 4.79 Å². The van der Waals surface area contributed by atoms with Gasteiger partial charge in [-0.1, -0.05) is 6.92 Å². The number of carboxylic acids is 1. The first-order chi connectivity index (χ1) is 8.38. The fourth-order valence-corrected chi connectivity index (χ4v) is 2.11. The summed E-state index contributed by atoms with van der Waals surface area (Å²) in [6, 6.07) is -0.0978. The van der Waals surface area contributed by atoms with Gasteiger partial charge in [-0.15, -0.1) is 0 Å². The van der Waals surface area contributed by atoms with Gasteiger partial charge in [0.15, 0.2) is 0 Å². The number of amides is 2. The molecule has 2 N–H and O–H groups in total. The molecule has 0 fully saturated rings. The lowest BCUT2D eigenvalue weighted by Gasteiger charge is -2.28. The minimum absolute atomic E-state index is 0.00428. The molecule has 0 rings (SSSR count). The fraction of sp³-hybridized carbons (Fsp3) is 0.833. The number of nitrogens with zero attached hydrogens (tertiary/aromatic N) is 1. The second kappa shape index (κ2) is 9.08. The number of hydrogen-bond donors (Lipinski definition) is 2. The molecule has 0 saturated carbocycles. The Labute approximate surface area is 113 Å². The van der Waals surface area contributed by atoms with Crippen molar-refractivity contribution in [2.24, 2.45) is 0 Å². The maximum atomic E-state index is 12.0. The lowest BCUT2D eigenvalue weighted by Crippen LogP contribution is -2.48. The van der Waals surface area contributed by atoms with Crippen molar-refractivity contribution in [1.82, 2.24) is 10.2 Å². The molecule has 0 aliphatic carbocycles. The monoisotopic (exact) mass is 276 g/mol. The molecular weight excluding hydrogens is 252 g/mol. The number of hydrogen-bond acceptors (Lipinski definition) is 3. The van der Waals surface area contributed by atoms with E-state index in [1.807, 2.05) is 20.8 Å². The van der Waals surface area contributed by atoms with Crippen molar-refractivity contribution < 1.29 is 14.7 Å². The van der Waals surface area contributed by atoms with Crippen LogP contribution in [0.4, 0.5) is 4.79 Å². The zero-order valence-corrected chi connectivity index (χ0v) is 12.4. The van der Waals surface area contributed by atoms with Crippen molar-refractivity contribution >= 4 is 23.8 Å². The SMILES string of the molecule is CCSCC(C)NC(=O)N(CCC(=O)O)C(C)C. The van der Waals surface area contributed by atoms with E-state index in [9.17, 15) is 9.59 Å². The number of thioether (sulfide) groups is 1. The van der Waals surface area contributed by atoms with Crippen LogP contribution in [0, 0.1) is 0 Å². The van der Waals surface area contributed by atoms with Crippen LogP contribution in [0.3, 0.4) is 0 Å². The maximum absolute atomic E-state index is 12.0. The molecule has 0 spiro atoms. The molecule has 1 atom stereocenters. The summed E-state index contributed by atoms with van der Waals surface area (Å²) >= 11 is 1.77. The molecule has 2 amide bonds. The van der Waals surface area contributed by atoms with Crippen LogP contribution < -0.4 is 5.32 Å². The van der Waals surface area contributed by atoms with Crippen LogP contribution >= 0.6 is 11.8 Å². The highest BCUT2D eigenvalue weighted by Gasteiger charge is 2.19. The maximum Gasteiger partial charge on any atom is 0.317 e. The lowest BCUT2D eigenvalue weighted by molar-refractivity contribution is -0.137. The third-order valence-electron chi connectivity index (χ3n) is 2.39. The summed E-state index contributed by atoms with van der Waals surface area (Å²) in [7, 11) is 0. The Morgan fingerprint density at radius 3 is 2.39 bits per heavy atom. The Hall–Kier alpha value is -0.910. The second-order valence-corrected chi connectivity index (χ2v) is 5.76. The normalized spacial score (nSPS) is 12.3. The molecule has 5 nitrogen and oxygen atoms in total. The second-order valence-electron chi connectivity index (χ2n) is 4.44. The summed E-state index contributed by atoms with van der Waals surface area (Å²) in [6.07, 6.45) is -0.0241. The van der Waals surface area contributed by atoms with Crippen molar-refractivity contribution in [2.75, 3.05) is 18.1 Å². The molecule has 0 saturated heterocycles. The van der Waals surface area contributed by atoms with Gasteiger partial charge in [0, 0.05) is 24.4 Å². The number of carbonyl (C=O) groups is 2. The van der Waals surface area contributed by atoms with E-state index in [1.165, 1.54) is 0 Å². The Balaban J connectivity index is 4.25. The Kier molecular flexibility index (Phi) is 8.62. The van der Waals surface area contributed by atoms with Gasteiger partial charge in [0.1, 0.15) is 0 Å². The third kappa shape index (κ3) is 7.42. The number of nitrogens with one attached hydrogen (secondary N) is 1. The standard InChI is InChI=1S/C12H24N2O3S/c1-5-18-8-10(4)13-12(17)14(9(2)3)7-6-11(15)16/h9-10H,5-8H2,1-4H3,(H,13,17)(H,15,16). The summed E-state index contributed by atoms with van der Waals surface area (Å²) in [4.78, 5) is 24.1. The van der Waals surface area contributed by atoms with Crippen molar-refractivity contribution in [3.8, 4) is 0 Å². The average molecular weight is 276 g/mol. The van der Waals surface area contributed by atoms with Gasteiger partial charge in [0.25, 0.3) is 0 Å². The van der Waals surface area contributed by atoms with Gasteiger partial charge in [-0.2, -0.15) is 11.8 Å². The van der Waals surface area contributed by atoms with E-state index in [2.05, 4.69) is 12.2 Å². The molecule has 106 valence electrons. The van der Waals surface area contributed by atoms with Gasteiger partial charge in [0.05, 0.1) is 6.42 Å². The third-order valence-corrected chi connectivity index (χ3v) is 3.54. The van der Waals surface area contributed by atoms with Crippen molar-refractivity contribution in [3.63, 3.8) is 0 Å². The van der Waals surface area contributed by atoms with Gasteiger partial charge in [-0.25, -0.2) is 4.79 Å². The molecule has 0 aliphatic heterocycles. The zero-order chi connectivity index (χ0) is 14.1. The van der Waals surface area contributed by atoms with E-state index in [0.29, 0.717) is 0 Å². The van der Waals surface area contributed by atoms with E-state index >= 15 is 0 Å². The Morgan fingerprint density at radius 1 is 1.33 bits per heavy atom. The van der Waals surface area contributed by atoms with Gasteiger partial charge in [0.2, 0.25) is 0 Å². The van der Waals surface area contributed by atoms with Crippen LogP contribution in [0.1, 0.15) is 34.1 Å². The minimum atomic E-state index is -0.886. The van der Waals surface area contributed by atoms with Crippen molar-refractivity contribution in [1.29, 1.82) is 0 Å². The summed E-state index contributed by atoms with van der Waals surface area (Å²) in [5, 5.41) is 11.6. The zero-order valence-electron chi connectivity index (χ0n) is 11.6. The Morgan fingerprint density at radius 2 is 1.94 bits per heavy atom. The number of urea groups is 1. The quantitative estimate of drug-likeness (QED) is 0.711. The van der Waals surface area contributed by atoms with Crippen LogP contribution in [0.25, 0.3) is 0 Å². The highest BCUT2D eigenvalue weighted by Crippen LogP contribution is 2.04. The van der Waals surface area contributed by atoms with E-state index in [4.69, 9.17) is 5.11 Å². The highest BCUT2D eigenvalue weighted by molar-refractivity contribution is 7.99. The molecule has 0 aromatic carbocycles. The largest absolute Gasteiger partial charge is 0.481 e. The summed E-state index contributed by atoms with van der Waals surface area (Å²) in [5.41, 5.74) is 0. The van der Waals surface area contributed by atoms with E-state index in [1.54, 1.807) is 16.7 Å². The molecule has 18 heavy (non-hydrogen) atoms. The minimum Gasteiger partial charge on any atom is -0.481 e. The number of carboxylic acid groups (broad SMARTS) is 1. The Bertz CT molecular complexity index is 272. The van der Waals surface area contributed by atoms with Crippen LogP contribution in [-0.2, 0) is 4.79 Å². The number of carbonyl (C=O) groups excluding carboxylic acids is 1. The molecule has 0 radical (unpaired) electrons. The first-order valence-electron chi connectivity index (χ1n) is 6.25. The molecule has 0 heterocycles. The highest BCUT2D eigenvalue weighted by atomic mass is 32.2. The van der Waals surface area contributed by atoms with Gasteiger partial charge < -0.3 is 15.3 Å². The number of rotatable bonds is 8. The van der Waals surface area contributed by atoms with Crippen molar-refractivity contribution in [3.05, 3.63) is 0 Å². The molecular formula is C12H24N2O3S. The lowest BCUT2D eigenvalue weighted by atomic mass is 10.3. The van der Waals surface area contributed by atoms with Gasteiger partial charge >= 0.3 is 12.0 Å². The van der Waals surface area contributed by atoms with Gasteiger partial charge in [-0.05, 0) is 26.5 Å². The summed E-state index contributed by atoms with van der Waals surface area (Å²) in [6.45, 7) is 8.04. The molecule has 6 heteroatoms. The predicted octanol–water partition coefficient (Wildman–Crippen LogP) is 2.02. The smallest absolute Gasteiger partial charge is 0.317 e. The van der Waals surface area contributed by atoms with Crippen molar-refractivity contribution in [2.45, 2.75) is 46.2 Å². The summed E-state index contributed by atoms with van der Waals surface area (Å²) < 4.78 is 0. The van der Waals surface area contributed by atoms with E-state index in [-0.39, 0.29) is 31.1 Å². The molecule has 0 aromatic heterocycles. The average Bonchev–Trinajstić information content (AvgIpc) is 2.25. The first-order valence-corrected chi connectivity index (χ1v) is 7.40. The van der Waals surface area contributed by atoms with Crippen LogP contribution in [0.2, 0.25) is 0 Å². The molecule has 0 aliphatic rings. The fourth-order valence-electron chi connectivity index (χ4n) is 1.44. The van der Waals surface area contributed by atoms with Crippen LogP contribution in [-0.4, -0.2) is 52.1 Å². The molecule has 1 unspecified atom stereocenters.